The number of rotatable bonds is 5. The molecule has 0 bridgehead atoms. The van der Waals surface area contributed by atoms with Crippen molar-refractivity contribution < 1.29 is 18.3 Å². The van der Waals surface area contributed by atoms with Gasteiger partial charge >= 0.3 is 5.97 Å². The molecule has 7 heteroatoms. The number of carbonyl (C=O) groups is 1. The summed E-state index contributed by atoms with van der Waals surface area (Å²) >= 11 is 0. The maximum atomic E-state index is 11.6. The highest BCUT2D eigenvalue weighted by atomic mass is 32.2. The lowest BCUT2D eigenvalue weighted by Gasteiger charge is -2.15. The summed E-state index contributed by atoms with van der Waals surface area (Å²) in [6.45, 7) is 1.09. The quantitative estimate of drug-likeness (QED) is 0.651. The topological polar surface area (TPSA) is 101 Å². The molecule has 0 aromatic carbocycles. The summed E-state index contributed by atoms with van der Waals surface area (Å²) in [5, 5.41) is 8.51. The highest BCUT2D eigenvalue weighted by Gasteiger charge is 2.26. The molecular formula is C8H16N2O4S. The van der Waals surface area contributed by atoms with Crippen molar-refractivity contribution in [1.82, 2.24) is 4.31 Å². The molecule has 0 aromatic heterocycles. The van der Waals surface area contributed by atoms with Crippen LogP contribution in [0.2, 0.25) is 0 Å². The molecular weight excluding hydrogens is 220 g/mol. The second-order valence-corrected chi connectivity index (χ2v) is 5.74. The summed E-state index contributed by atoms with van der Waals surface area (Å²) in [6, 6.07) is -1.10. The van der Waals surface area contributed by atoms with Crippen LogP contribution in [0.4, 0.5) is 0 Å². The van der Waals surface area contributed by atoms with Crippen LogP contribution in [0, 0.1) is 0 Å². The number of hydrogen-bond donors (Lipinski definition) is 2. The first-order chi connectivity index (χ1) is 6.93. The van der Waals surface area contributed by atoms with Gasteiger partial charge in [-0.05, 0) is 19.3 Å². The van der Waals surface area contributed by atoms with Crippen molar-refractivity contribution >= 4 is 16.0 Å². The average molecular weight is 236 g/mol. The van der Waals surface area contributed by atoms with Gasteiger partial charge in [0.2, 0.25) is 10.0 Å². The van der Waals surface area contributed by atoms with E-state index in [1.54, 1.807) is 0 Å². The van der Waals surface area contributed by atoms with Gasteiger partial charge < -0.3 is 10.8 Å². The lowest BCUT2D eigenvalue weighted by molar-refractivity contribution is -0.138. The molecule has 88 valence electrons. The predicted octanol–water partition coefficient (Wildman–Crippen LogP) is -0.786. The molecule has 1 saturated heterocycles. The molecule has 1 rings (SSSR count). The van der Waals surface area contributed by atoms with Crippen LogP contribution in [0.25, 0.3) is 0 Å². The van der Waals surface area contributed by atoms with Gasteiger partial charge in [0.15, 0.2) is 0 Å². The fourth-order valence-corrected chi connectivity index (χ4v) is 3.12. The fraction of sp³-hybridized carbons (Fsp3) is 0.875. The number of aliphatic carboxylic acids is 1. The molecule has 0 unspecified atom stereocenters. The Morgan fingerprint density at radius 3 is 2.40 bits per heavy atom. The summed E-state index contributed by atoms with van der Waals surface area (Å²) < 4.78 is 24.7. The number of nitrogens with two attached hydrogens (primary N) is 1. The molecule has 1 heterocycles. The molecule has 3 N–H and O–H groups in total. The lowest BCUT2D eigenvalue weighted by atomic mass is 10.2. The van der Waals surface area contributed by atoms with E-state index >= 15 is 0 Å². The van der Waals surface area contributed by atoms with Gasteiger partial charge in [0.05, 0.1) is 5.75 Å². The zero-order valence-electron chi connectivity index (χ0n) is 8.42. The number of carboxylic acids is 1. The van der Waals surface area contributed by atoms with Gasteiger partial charge in [-0.1, -0.05) is 0 Å². The first-order valence-electron chi connectivity index (χ1n) is 4.90. The molecule has 6 nitrogen and oxygen atoms in total. The van der Waals surface area contributed by atoms with Crippen LogP contribution in [0.15, 0.2) is 0 Å². The highest BCUT2D eigenvalue weighted by Crippen LogP contribution is 2.13. The minimum Gasteiger partial charge on any atom is -0.480 e. The molecule has 1 fully saturated rings. The zero-order chi connectivity index (χ0) is 11.5. The Kier molecular flexibility index (Phi) is 4.06. The number of carboxylic acid groups (broad SMARTS) is 1. The first-order valence-corrected chi connectivity index (χ1v) is 6.50. The average Bonchev–Trinajstić information content (AvgIpc) is 2.67. The normalized spacial score (nSPS) is 20.3. The Labute approximate surface area is 89.1 Å². The van der Waals surface area contributed by atoms with Crippen LogP contribution in [0.1, 0.15) is 19.3 Å². The smallest absolute Gasteiger partial charge is 0.320 e. The Hall–Kier alpha value is -0.660. The van der Waals surface area contributed by atoms with E-state index in [4.69, 9.17) is 10.8 Å². The van der Waals surface area contributed by atoms with E-state index in [-0.39, 0.29) is 12.2 Å². The van der Waals surface area contributed by atoms with E-state index in [9.17, 15) is 13.2 Å². The van der Waals surface area contributed by atoms with Gasteiger partial charge in [-0.3, -0.25) is 4.79 Å². The van der Waals surface area contributed by atoms with E-state index in [2.05, 4.69) is 0 Å². The highest BCUT2D eigenvalue weighted by molar-refractivity contribution is 7.89. The summed E-state index contributed by atoms with van der Waals surface area (Å²) in [4.78, 5) is 10.4. The third-order valence-electron chi connectivity index (χ3n) is 2.46. The van der Waals surface area contributed by atoms with Gasteiger partial charge in [-0.15, -0.1) is 0 Å². The van der Waals surface area contributed by atoms with E-state index in [0.29, 0.717) is 13.1 Å². The van der Waals surface area contributed by atoms with Crippen LogP contribution in [0.5, 0.6) is 0 Å². The molecule has 0 saturated carbocycles. The van der Waals surface area contributed by atoms with Crippen LogP contribution >= 0.6 is 0 Å². The van der Waals surface area contributed by atoms with Crippen LogP contribution in [-0.2, 0) is 14.8 Å². The van der Waals surface area contributed by atoms with E-state index in [1.165, 1.54) is 4.31 Å². The number of sulfonamides is 1. The van der Waals surface area contributed by atoms with Crippen molar-refractivity contribution in [3.63, 3.8) is 0 Å². The SMILES string of the molecule is N[C@@H](CCS(=O)(=O)N1CCCC1)C(=O)O. The maximum absolute atomic E-state index is 11.6. The molecule has 15 heavy (non-hydrogen) atoms. The first kappa shape index (κ1) is 12.4. The van der Waals surface area contributed by atoms with Crippen molar-refractivity contribution in [1.29, 1.82) is 0 Å². The van der Waals surface area contributed by atoms with Crippen molar-refractivity contribution in [2.45, 2.75) is 25.3 Å². The van der Waals surface area contributed by atoms with Gasteiger partial charge in [0.25, 0.3) is 0 Å². The molecule has 0 aliphatic carbocycles. The molecule has 1 aliphatic heterocycles. The summed E-state index contributed by atoms with van der Waals surface area (Å²) in [7, 11) is -3.30. The Morgan fingerprint density at radius 2 is 1.93 bits per heavy atom. The van der Waals surface area contributed by atoms with E-state index in [1.807, 2.05) is 0 Å². The third-order valence-corrected chi connectivity index (χ3v) is 4.37. The zero-order valence-corrected chi connectivity index (χ0v) is 9.24. The predicted molar refractivity (Wildman–Crippen MR) is 54.8 cm³/mol. The Balaban J connectivity index is 2.46. The molecule has 1 atom stereocenters. The minimum atomic E-state index is -3.30. The standard InChI is InChI=1S/C8H16N2O4S/c9-7(8(11)12)3-6-15(13,14)10-4-1-2-5-10/h7H,1-6,9H2,(H,11,12)/t7-/m0/s1. The summed E-state index contributed by atoms with van der Waals surface area (Å²) in [6.07, 6.45) is 1.72. The van der Waals surface area contributed by atoms with Crippen molar-refractivity contribution in [3.05, 3.63) is 0 Å². The second kappa shape index (κ2) is 4.91. The van der Waals surface area contributed by atoms with Crippen LogP contribution in [-0.4, -0.2) is 48.7 Å². The maximum Gasteiger partial charge on any atom is 0.320 e. The van der Waals surface area contributed by atoms with Gasteiger partial charge in [-0.2, -0.15) is 0 Å². The molecule has 0 radical (unpaired) electrons. The third kappa shape index (κ3) is 3.44. The van der Waals surface area contributed by atoms with Gasteiger partial charge in [-0.25, -0.2) is 12.7 Å². The van der Waals surface area contributed by atoms with Crippen molar-refractivity contribution in [2.24, 2.45) is 5.73 Å². The molecule has 0 spiro atoms. The van der Waals surface area contributed by atoms with E-state index < -0.39 is 22.0 Å². The Morgan fingerprint density at radius 1 is 1.40 bits per heavy atom. The van der Waals surface area contributed by atoms with Crippen molar-refractivity contribution in [3.8, 4) is 0 Å². The summed E-state index contributed by atoms with van der Waals surface area (Å²) in [5.41, 5.74) is 5.24. The van der Waals surface area contributed by atoms with Crippen LogP contribution < -0.4 is 5.73 Å². The van der Waals surface area contributed by atoms with Gasteiger partial charge in [0, 0.05) is 13.1 Å². The largest absolute Gasteiger partial charge is 0.480 e. The summed E-state index contributed by atoms with van der Waals surface area (Å²) in [5.74, 6) is -1.34. The van der Waals surface area contributed by atoms with E-state index in [0.717, 1.165) is 12.8 Å². The van der Waals surface area contributed by atoms with Crippen molar-refractivity contribution in [2.75, 3.05) is 18.8 Å². The number of hydrogen-bond acceptors (Lipinski definition) is 4. The molecule has 1 aliphatic rings. The molecule has 0 amide bonds. The fourth-order valence-electron chi connectivity index (χ4n) is 1.49. The lowest BCUT2D eigenvalue weighted by Crippen LogP contribution is -2.36. The minimum absolute atomic E-state index is 0.0336. The monoisotopic (exact) mass is 236 g/mol. The van der Waals surface area contributed by atoms with Crippen LogP contribution in [0.3, 0.4) is 0 Å². The van der Waals surface area contributed by atoms with Gasteiger partial charge in [0.1, 0.15) is 6.04 Å². The molecule has 0 aromatic rings. The number of nitrogens with zero attached hydrogens (tertiary/aromatic N) is 1. The Bertz CT molecular complexity index is 322. The second-order valence-electron chi connectivity index (χ2n) is 3.66.